The number of aromatic nitrogens is 1. The second-order valence-electron chi connectivity index (χ2n) is 4.32. The van der Waals surface area contributed by atoms with Crippen molar-refractivity contribution in [3.05, 3.63) is 52.4 Å². The van der Waals surface area contributed by atoms with Crippen molar-refractivity contribution in [2.75, 3.05) is 6.54 Å². The molecule has 0 radical (unpaired) electrons. The van der Waals surface area contributed by atoms with Crippen LogP contribution in [0.3, 0.4) is 0 Å². The Labute approximate surface area is 126 Å². The molecule has 0 aliphatic carbocycles. The molecule has 0 aliphatic rings. The van der Waals surface area contributed by atoms with Crippen molar-refractivity contribution >= 4 is 15.9 Å². The third-order valence-electron chi connectivity index (χ3n) is 2.71. The lowest BCUT2D eigenvalue weighted by Gasteiger charge is -2.09. The van der Waals surface area contributed by atoms with Gasteiger partial charge in [0.1, 0.15) is 5.75 Å². The van der Waals surface area contributed by atoms with Gasteiger partial charge >= 0.3 is 0 Å². The molecular weight excluding hydrogens is 323 g/mol. The predicted octanol–water partition coefficient (Wildman–Crippen LogP) is 4.28. The maximum atomic E-state index is 14.2. The monoisotopic (exact) mass is 338 g/mol. The first-order valence-corrected chi connectivity index (χ1v) is 7.27. The Morgan fingerprint density at radius 3 is 2.70 bits per heavy atom. The molecule has 0 fully saturated rings. The zero-order valence-corrected chi connectivity index (χ0v) is 12.8. The molecule has 0 spiro atoms. The number of nitrogens with zero attached hydrogens (tertiary/aromatic N) is 1. The molecular formula is C15H16BrFN2O. The summed E-state index contributed by atoms with van der Waals surface area (Å²) in [5.41, 5.74) is 0.556. The Hall–Kier alpha value is -1.46. The van der Waals surface area contributed by atoms with Crippen LogP contribution in [0.1, 0.15) is 18.9 Å². The van der Waals surface area contributed by atoms with Gasteiger partial charge in [-0.3, -0.25) is 0 Å². The quantitative estimate of drug-likeness (QED) is 0.798. The highest BCUT2D eigenvalue weighted by molar-refractivity contribution is 9.10. The average molecular weight is 339 g/mol. The molecule has 5 heteroatoms. The van der Waals surface area contributed by atoms with E-state index in [-0.39, 0.29) is 5.88 Å². The summed E-state index contributed by atoms with van der Waals surface area (Å²) in [6, 6.07) is 8.84. The van der Waals surface area contributed by atoms with Crippen LogP contribution < -0.4 is 10.1 Å². The zero-order chi connectivity index (χ0) is 14.4. The highest BCUT2D eigenvalue weighted by Gasteiger charge is 2.11. The number of benzene rings is 1. The normalized spacial score (nSPS) is 10.6. The average Bonchev–Trinajstić information content (AvgIpc) is 2.45. The van der Waals surface area contributed by atoms with Crippen LogP contribution in [0.25, 0.3) is 0 Å². The zero-order valence-electron chi connectivity index (χ0n) is 11.2. The number of halogens is 2. The first kappa shape index (κ1) is 14.9. The van der Waals surface area contributed by atoms with Crippen LogP contribution in [0.2, 0.25) is 0 Å². The van der Waals surface area contributed by atoms with Gasteiger partial charge in [-0.05, 0) is 43.3 Å². The smallest absolute Gasteiger partial charge is 0.256 e. The van der Waals surface area contributed by atoms with Gasteiger partial charge in [0.15, 0.2) is 5.82 Å². The molecule has 0 bridgehead atoms. The van der Waals surface area contributed by atoms with Crippen LogP contribution in [0.5, 0.6) is 11.6 Å². The Morgan fingerprint density at radius 1 is 1.25 bits per heavy atom. The molecule has 0 saturated heterocycles. The van der Waals surface area contributed by atoms with E-state index in [9.17, 15) is 4.39 Å². The molecule has 0 unspecified atom stereocenters. The van der Waals surface area contributed by atoms with Gasteiger partial charge < -0.3 is 10.1 Å². The van der Waals surface area contributed by atoms with E-state index in [0.717, 1.165) is 17.4 Å². The molecule has 2 rings (SSSR count). The first-order valence-electron chi connectivity index (χ1n) is 6.48. The maximum Gasteiger partial charge on any atom is 0.256 e. The number of rotatable bonds is 6. The number of hydrogen-bond donors (Lipinski definition) is 1. The van der Waals surface area contributed by atoms with Crippen molar-refractivity contribution < 1.29 is 9.13 Å². The van der Waals surface area contributed by atoms with Crippen molar-refractivity contribution in [3.8, 4) is 11.6 Å². The van der Waals surface area contributed by atoms with Gasteiger partial charge in [-0.2, -0.15) is 0 Å². The summed E-state index contributed by atoms with van der Waals surface area (Å²) in [7, 11) is 0. The van der Waals surface area contributed by atoms with Crippen LogP contribution in [-0.4, -0.2) is 11.5 Å². The highest BCUT2D eigenvalue weighted by Crippen LogP contribution is 2.25. The summed E-state index contributed by atoms with van der Waals surface area (Å²) in [4.78, 5) is 3.95. The summed E-state index contributed by atoms with van der Waals surface area (Å²) in [5.74, 6) is 0.139. The minimum Gasteiger partial charge on any atom is -0.436 e. The van der Waals surface area contributed by atoms with Crippen LogP contribution in [-0.2, 0) is 6.54 Å². The molecule has 1 aromatic heterocycles. The lowest BCUT2D eigenvalue weighted by atomic mass is 10.2. The van der Waals surface area contributed by atoms with E-state index < -0.39 is 5.82 Å². The third-order valence-corrected chi connectivity index (χ3v) is 3.24. The summed E-state index contributed by atoms with van der Waals surface area (Å²) in [5, 5.41) is 3.16. The minimum atomic E-state index is -0.418. The lowest BCUT2D eigenvalue weighted by molar-refractivity contribution is 0.417. The van der Waals surface area contributed by atoms with E-state index in [1.807, 2.05) is 12.1 Å². The minimum absolute atomic E-state index is 0.00289. The first-order chi connectivity index (χ1) is 9.70. The molecule has 1 aromatic carbocycles. The van der Waals surface area contributed by atoms with Crippen LogP contribution in [0.4, 0.5) is 4.39 Å². The second-order valence-corrected chi connectivity index (χ2v) is 5.24. The second kappa shape index (κ2) is 7.36. The van der Waals surface area contributed by atoms with Crippen molar-refractivity contribution in [2.45, 2.75) is 19.9 Å². The SMILES string of the molecule is CCCNCc1ccnc(Oc2ccc(Br)cc2)c1F. The lowest BCUT2D eigenvalue weighted by Crippen LogP contribution is -2.15. The van der Waals surface area contributed by atoms with Gasteiger partial charge in [-0.25, -0.2) is 9.37 Å². The van der Waals surface area contributed by atoms with E-state index in [0.29, 0.717) is 17.9 Å². The Balaban J connectivity index is 2.11. The molecule has 0 amide bonds. The molecule has 1 heterocycles. The Morgan fingerprint density at radius 2 is 2.00 bits per heavy atom. The third kappa shape index (κ3) is 4.02. The number of nitrogens with one attached hydrogen (secondary N) is 1. The van der Waals surface area contributed by atoms with Crippen LogP contribution >= 0.6 is 15.9 Å². The van der Waals surface area contributed by atoms with Gasteiger partial charge in [0, 0.05) is 22.8 Å². The topological polar surface area (TPSA) is 34.2 Å². The van der Waals surface area contributed by atoms with E-state index in [2.05, 4.69) is 33.2 Å². The Kier molecular flexibility index (Phi) is 5.49. The molecule has 106 valence electrons. The molecule has 3 nitrogen and oxygen atoms in total. The van der Waals surface area contributed by atoms with Gasteiger partial charge in [-0.15, -0.1) is 0 Å². The molecule has 0 aliphatic heterocycles. The summed E-state index contributed by atoms with van der Waals surface area (Å²) < 4.78 is 20.6. The number of pyridine rings is 1. The van der Waals surface area contributed by atoms with Crippen molar-refractivity contribution in [1.82, 2.24) is 10.3 Å². The van der Waals surface area contributed by atoms with Gasteiger partial charge in [-0.1, -0.05) is 22.9 Å². The number of ether oxygens (including phenoxy) is 1. The molecule has 1 N–H and O–H groups in total. The fourth-order valence-corrected chi connectivity index (χ4v) is 1.95. The Bertz CT molecular complexity index is 560. The standard InChI is InChI=1S/C15H16BrFN2O/c1-2-8-18-10-11-7-9-19-15(14(11)17)20-13-5-3-12(16)4-6-13/h3-7,9,18H,2,8,10H2,1H3. The fraction of sp³-hybridized carbons (Fsp3) is 0.267. The summed E-state index contributed by atoms with van der Waals surface area (Å²) >= 11 is 3.34. The maximum absolute atomic E-state index is 14.2. The molecule has 2 aromatic rings. The summed E-state index contributed by atoms with van der Waals surface area (Å²) in [6.45, 7) is 3.39. The summed E-state index contributed by atoms with van der Waals surface area (Å²) in [6.07, 6.45) is 2.56. The molecule has 0 atom stereocenters. The van der Waals surface area contributed by atoms with Crippen molar-refractivity contribution in [2.24, 2.45) is 0 Å². The van der Waals surface area contributed by atoms with E-state index >= 15 is 0 Å². The van der Waals surface area contributed by atoms with Crippen molar-refractivity contribution in [3.63, 3.8) is 0 Å². The van der Waals surface area contributed by atoms with Gasteiger partial charge in [0.25, 0.3) is 5.88 Å². The van der Waals surface area contributed by atoms with Crippen molar-refractivity contribution in [1.29, 1.82) is 0 Å². The fourth-order valence-electron chi connectivity index (χ4n) is 1.68. The number of hydrogen-bond acceptors (Lipinski definition) is 3. The molecule has 0 saturated carbocycles. The van der Waals surface area contributed by atoms with Crippen LogP contribution in [0, 0.1) is 5.82 Å². The predicted molar refractivity (Wildman–Crippen MR) is 80.4 cm³/mol. The van der Waals surface area contributed by atoms with Gasteiger partial charge in [0.05, 0.1) is 0 Å². The van der Waals surface area contributed by atoms with E-state index in [4.69, 9.17) is 4.74 Å². The van der Waals surface area contributed by atoms with Crippen LogP contribution in [0.15, 0.2) is 41.0 Å². The van der Waals surface area contributed by atoms with E-state index in [1.54, 1.807) is 24.4 Å². The highest BCUT2D eigenvalue weighted by atomic mass is 79.9. The van der Waals surface area contributed by atoms with E-state index in [1.165, 1.54) is 0 Å². The molecule has 20 heavy (non-hydrogen) atoms. The largest absolute Gasteiger partial charge is 0.436 e. The van der Waals surface area contributed by atoms with Gasteiger partial charge in [0.2, 0.25) is 0 Å².